The number of aromatic nitrogens is 2. The first-order valence-corrected chi connectivity index (χ1v) is 9.16. The molecule has 0 saturated heterocycles. The van der Waals surface area contributed by atoms with Crippen LogP contribution in [0.5, 0.6) is 0 Å². The Morgan fingerprint density at radius 2 is 2.13 bits per heavy atom. The molecule has 2 aromatic rings. The predicted octanol–water partition coefficient (Wildman–Crippen LogP) is 3.22. The Morgan fingerprint density at radius 3 is 2.87 bits per heavy atom. The van der Waals surface area contributed by atoms with E-state index in [-0.39, 0.29) is 0 Å². The van der Waals surface area contributed by atoms with Crippen molar-refractivity contribution < 1.29 is 0 Å². The topological polar surface area (TPSA) is 17.3 Å². The molecule has 0 bridgehead atoms. The van der Waals surface area contributed by atoms with Crippen LogP contribution in [-0.2, 0) is 6.42 Å². The highest BCUT2D eigenvalue weighted by molar-refractivity contribution is 6.76. The van der Waals surface area contributed by atoms with Crippen molar-refractivity contribution in [2.24, 2.45) is 0 Å². The molecule has 2 heterocycles. The van der Waals surface area contributed by atoms with Gasteiger partial charge in [0.25, 0.3) is 0 Å². The molecule has 0 aliphatic heterocycles. The summed E-state index contributed by atoms with van der Waals surface area (Å²) in [5.41, 5.74) is 2.69. The summed E-state index contributed by atoms with van der Waals surface area (Å²) in [7, 11) is -0.937. The van der Waals surface area contributed by atoms with E-state index in [0.717, 1.165) is 0 Å². The van der Waals surface area contributed by atoms with E-state index in [4.69, 9.17) is 0 Å². The van der Waals surface area contributed by atoms with Crippen LogP contribution in [0.2, 0.25) is 25.7 Å². The van der Waals surface area contributed by atoms with Crippen molar-refractivity contribution in [3.05, 3.63) is 36.4 Å². The molecule has 0 aliphatic rings. The summed E-state index contributed by atoms with van der Waals surface area (Å²) in [4.78, 5) is 4.18. The minimum Gasteiger partial charge on any atom is -0.306 e. The zero-order valence-electron chi connectivity index (χ0n) is 9.70. The molecule has 2 rings (SSSR count). The molecule has 0 N–H and O–H groups in total. The normalized spacial score (nSPS) is 12.2. The van der Waals surface area contributed by atoms with Crippen LogP contribution >= 0.6 is 0 Å². The number of aryl methyl sites for hydroxylation is 1. The molecular formula is C12H18N2Si. The first-order chi connectivity index (χ1) is 7.06. The van der Waals surface area contributed by atoms with Crippen molar-refractivity contribution in [2.45, 2.75) is 32.1 Å². The minimum atomic E-state index is -0.937. The molecule has 2 aromatic heterocycles. The van der Waals surface area contributed by atoms with E-state index in [1.54, 1.807) is 0 Å². The fourth-order valence-electron chi connectivity index (χ4n) is 1.73. The zero-order valence-corrected chi connectivity index (χ0v) is 10.7. The SMILES string of the molecule is C[Si](C)(C)CCc1cccn2cncc12. The summed E-state index contributed by atoms with van der Waals surface area (Å²) in [6.07, 6.45) is 7.07. The number of hydrogen-bond donors (Lipinski definition) is 0. The van der Waals surface area contributed by atoms with Crippen LogP contribution in [0.25, 0.3) is 5.52 Å². The lowest BCUT2D eigenvalue weighted by molar-refractivity contribution is 1.07. The smallest absolute Gasteiger partial charge is 0.0992 e. The Labute approximate surface area is 92.0 Å². The standard InChI is InChI=1S/C12H18N2Si/c1-15(2,3)8-6-11-5-4-7-14-10-13-9-12(11)14/h4-5,7,9-10H,6,8H2,1-3H3. The van der Waals surface area contributed by atoms with Gasteiger partial charge in [-0.05, 0) is 18.1 Å². The van der Waals surface area contributed by atoms with Gasteiger partial charge in [-0.1, -0.05) is 31.8 Å². The zero-order chi connectivity index (χ0) is 10.9. The second-order valence-corrected chi connectivity index (χ2v) is 10.9. The molecule has 0 saturated carbocycles. The van der Waals surface area contributed by atoms with Crippen LogP contribution in [0.3, 0.4) is 0 Å². The van der Waals surface area contributed by atoms with E-state index in [1.165, 1.54) is 23.5 Å². The molecule has 0 atom stereocenters. The second kappa shape index (κ2) is 3.81. The van der Waals surface area contributed by atoms with Gasteiger partial charge in [0.05, 0.1) is 18.0 Å². The summed E-state index contributed by atoms with van der Waals surface area (Å²) in [6, 6.07) is 5.67. The fraction of sp³-hybridized carbons (Fsp3) is 0.417. The van der Waals surface area contributed by atoms with Crippen molar-refractivity contribution in [1.29, 1.82) is 0 Å². The molecular weight excluding hydrogens is 200 g/mol. The third-order valence-corrected chi connectivity index (χ3v) is 4.43. The van der Waals surface area contributed by atoms with Crippen molar-refractivity contribution in [3.8, 4) is 0 Å². The number of nitrogens with zero attached hydrogens (tertiary/aromatic N) is 2. The average Bonchev–Trinajstić information content (AvgIpc) is 2.61. The quantitative estimate of drug-likeness (QED) is 0.723. The maximum atomic E-state index is 4.18. The highest BCUT2D eigenvalue weighted by atomic mass is 28.3. The summed E-state index contributed by atoms with van der Waals surface area (Å²) in [5.74, 6) is 0. The molecule has 80 valence electrons. The predicted molar refractivity (Wildman–Crippen MR) is 67.0 cm³/mol. The number of rotatable bonds is 3. The monoisotopic (exact) mass is 218 g/mol. The molecule has 2 nitrogen and oxygen atoms in total. The molecule has 0 aliphatic carbocycles. The van der Waals surface area contributed by atoms with Crippen LogP contribution in [0.15, 0.2) is 30.9 Å². The van der Waals surface area contributed by atoms with E-state index in [0.29, 0.717) is 0 Å². The lowest BCUT2D eigenvalue weighted by Crippen LogP contribution is -2.20. The number of pyridine rings is 1. The van der Waals surface area contributed by atoms with Gasteiger partial charge in [0.1, 0.15) is 0 Å². The number of fused-ring (bicyclic) bond motifs is 1. The molecule has 3 heteroatoms. The molecule has 0 fully saturated rings. The molecule has 0 radical (unpaired) electrons. The van der Waals surface area contributed by atoms with E-state index in [2.05, 4.69) is 47.4 Å². The largest absolute Gasteiger partial charge is 0.306 e. The maximum absolute atomic E-state index is 4.18. The second-order valence-electron chi connectivity index (χ2n) is 5.28. The van der Waals surface area contributed by atoms with Gasteiger partial charge in [0.15, 0.2) is 0 Å². The van der Waals surface area contributed by atoms with Gasteiger partial charge in [-0.25, -0.2) is 4.98 Å². The van der Waals surface area contributed by atoms with E-state index < -0.39 is 8.07 Å². The molecule has 15 heavy (non-hydrogen) atoms. The van der Waals surface area contributed by atoms with Crippen LogP contribution in [0, 0.1) is 0 Å². The van der Waals surface area contributed by atoms with Gasteiger partial charge in [0, 0.05) is 14.3 Å². The summed E-state index contributed by atoms with van der Waals surface area (Å²) >= 11 is 0. The van der Waals surface area contributed by atoms with Gasteiger partial charge < -0.3 is 4.40 Å². The summed E-state index contributed by atoms with van der Waals surface area (Å²) < 4.78 is 2.10. The van der Waals surface area contributed by atoms with Crippen LogP contribution in [0.4, 0.5) is 0 Å². The van der Waals surface area contributed by atoms with Crippen LogP contribution in [-0.4, -0.2) is 17.5 Å². The lowest BCUT2D eigenvalue weighted by atomic mass is 10.2. The van der Waals surface area contributed by atoms with Gasteiger partial charge in [-0.2, -0.15) is 0 Å². The third-order valence-electron chi connectivity index (χ3n) is 2.68. The molecule has 0 amide bonds. The molecule has 0 spiro atoms. The van der Waals surface area contributed by atoms with Crippen molar-refractivity contribution >= 4 is 13.6 Å². The van der Waals surface area contributed by atoms with Gasteiger partial charge in [0.2, 0.25) is 0 Å². The Bertz CT molecular complexity index is 454. The highest BCUT2D eigenvalue weighted by Gasteiger charge is 2.13. The minimum absolute atomic E-state index is 0.937. The van der Waals surface area contributed by atoms with Gasteiger partial charge in [-0.3, -0.25) is 0 Å². The van der Waals surface area contributed by atoms with Crippen molar-refractivity contribution in [1.82, 2.24) is 9.38 Å². The fourth-order valence-corrected chi connectivity index (χ4v) is 2.75. The summed E-state index contributed by atoms with van der Waals surface area (Å²) in [5, 5.41) is 0. The number of imidazole rings is 1. The first-order valence-electron chi connectivity index (χ1n) is 5.46. The van der Waals surface area contributed by atoms with E-state index in [9.17, 15) is 0 Å². The van der Waals surface area contributed by atoms with Crippen molar-refractivity contribution in [2.75, 3.05) is 0 Å². The molecule has 0 aromatic carbocycles. The van der Waals surface area contributed by atoms with Crippen LogP contribution in [0.1, 0.15) is 5.56 Å². The average molecular weight is 218 g/mol. The Balaban J connectivity index is 2.24. The highest BCUT2D eigenvalue weighted by Crippen LogP contribution is 2.17. The summed E-state index contributed by atoms with van der Waals surface area (Å²) in [6.45, 7) is 7.26. The van der Waals surface area contributed by atoms with Gasteiger partial charge in [-0.15, -0.1) is 0 Å². The lowest BCUT2D eigenvalue weighted by Gasteiger charge is -2.15. The van der Waals surface area contributed by atoms with Gasteiger partial charge >= 0.3 is 0 Å². The Kier molecular flexibility index (Phi) is 2.65. The van der Waals surface area contributed by atoms with E-state index >= 15 is 0 Å². The Morgan fingerprint density at radius 1 is 1.33 bits per heavy atom. The van der Waals surface area contributed by atoms with Crippen molar-refractivity contribution in [3.63, 3.8) is 0 Å². The van der Waals surface area contributed by atoms with Crippen LogP contribution < -0.4 is 0 Å². The third kappa shape index (κ3) is 2.48. The maximum Gasteiger partial charge on any atom is 0.0992 e. The van der Waals surface area contributed by atoms with E-state index in [1.807, 2.05) is 12.5 Å². The molecule has 0 unspecified atom stereocenters. The number of hydrogen-bond acceptors (Lipinski definition) is 1. The Hall–Kier alpha value is -1.09. The first kappa shape index (κ1) is 10.4.